The van der Waals surface area contributed by atoms with Crippen LogP contribution in [0.1, 0.15) is 18.1 Å². The number of nitrogens with one attached hydrogen (secondary N) is 2. The molecule has 0 bridgehead atoms. The Morgan fingerprint density at radius 3 is 2.62 bits per heavy atom. The van der Waals surface area contributed by atoms with Crippen LogP contribution >= 0.6 is 0 Å². The first-order chi connectivity index (χ1) is 12.6. The number of benzene rings is 1. The molecule has 3 rings (SSSR count). The van der Waals surface area contributed by atoms with Crippen molar-refractivity contribution in [3.63, 3.8) is 0 Å². The van der Waals surface area contributed by atoms with Crippen molar-refractivity contribution in [2.75, 3.05) is 17.2 Å². The van der Waals surface area contributed by atoms with Gasteiger partial charge >= 0.3 is 0 Å². The molecule has 0 saturated heterocycles. The average Bonchev–Trinajstić information content (AvgIpc) is 2.67. The number of pyridine rings is 1. The van der Waals surface area contributed by atoms with Crippen molar-refractivity contribution in [2.24, 2.45) is 0 Å². The van der Waals surface area contributed by atoms with E-state index in [-0.39, 0.29) is 12.6 Å². The van der Waals surface area contributed by atoms with E-state index >= 15 is 0 Å². The molecule has 0 fully saturated rings. The van der Waals surface area contributed by atoms with Crippen LogP contribution in [0.25, 0.3) is 11.3 Å². The summed E-state index contributed by atoms with van der Waals surface area (Å²) in [5.41, 5.74) is 4.17. The lowest BCUT2D eigenvalue weighted by molar-refractivity contribution is 0.281. The van der Waals surface area contributed by atoms with E-state index in [0.717, 1.165) is 17.1 Å². The van der Waals surface area contributed by atoms with Crippen molar-refractivity contribution in [3.05, 3.63) is 66.0 Å². The maximum Gasteiger partial charge on any atom is 0.225 e. The zero-order valence-electron chi connectivity index (χ0n) is 15.0. The second-order valence-electron chi connectivity index (χ2n) is 6.27. The number of hydrogen-bond acceptors (Lipinski definition) is 6. The molecule has 0 aliphatic rings. The molecule has 6 heteroatoms. The van der Waals surface area contributed by atoms with Gasteiger partial charge in [-0.05, 0) is 31.5 Å². The van der Waals surface area contributed by atoms with E-state index < -0.39 is 0 Å². The normalized spacial score (nSPS) is 11.8. The highest BCUT2D eigenvalue weighted by molar-refractivity contribution is 5.64. The molecule has 26 heavy (non-hydrogen) atoms. The first-order valence-electron chi connectivity index (χ1n) is 8.60. The highest BCUT2D eigenvalue weighted by atomic mass is 16.3. The van der Waals surface area contributed by atoms with Gasteiger partial charge in [0.05, 0.1) is 12.3 Å². The lowest BCUT2D eigenvalue weighted by Crippen LogP contribution is -2.21. The number of aliphatic hydroxyl groups excluding tert-OH is 1. The molecule has 0 spiro atoms. The fraction of sp³-hybridized carbons (Fsp3) is 0.250. The van der Waals surface area contributed by atoms with Gasteiger partial charge in [-0.3, -0.25) is 4.98 Å². The standard InChI is InChI=1S/C20H23N5O/c1-14-4-3-5-16(10-14)12-22-19-11-18(17-6-8-21-9-7-17)24-20(25-19)23-15(2)13-26/h3-11,15,26H,12-13H2,1-2H3,(H2,22,23,24,25)/t15-/m0/s1. The van der Waals surface area contributed by atoms with Gasteiger partial charge in [0.1, 0.15) is 5.82 Å². The molecule has 0 unspecified atom stereocenters. The molecule has 6 nitrogen and oxygen atoms in total. The molecule has 1 aromatic carbocycles. The first kappa shape index (κ1) is 17.8. The number of aliphatic hydroxyl groups is 1. The van der Waals surface area contributed by atoms with Crippen LogP contribution in [0.4, 0.5) is 11.8 Å². The summed E-state index contributed by atoms with van der Waals surface area (Å²) >= 11 is 0. The van der Waals surface area contributed by atoms with Crippen molar-refractivity contribution >= 4 is 11.8 Å². The van der Waals surface area contributed by atoms with Crippen molar-refractivity contribution in [3.8, 4) is 11.3 Å². The summed E-state index contributed by atoms with van der Waals surface area (Å²) in [4.78, 5) is 13.1. The Morgan fingerprint density at radius 2 is 1.88 bits per heavy atom. The van der Waals surface area contributed by atoms with Gasteiger partial charge in [0, 0.05) is 36.6 Å². The molecule has 3 aromatic rings. The minimum atomic E-state index is -0.132. The molecular weight excluding hydrogens is 326 g/mol. The van der Waals surface area contributed by atoms with Gasteiger partial charge in [-0.25, -0.2) is 4.98 Å². The number of nitrogens with zero attached hydrogens (tertiary/aromatic N) is 3. The van der Waals surface area contributed by atoms with E-state index in [9.17, 15) is 5.11 Å². The molecule has 2 heterocycles. The molecule has 1 atom stereocenters. The molecule has 0 radical (unpaired) electrons. The molecular formula is C20H23N5O. The maximum atomic E-state index is 9.29. The number of rotatable bonds is 7. The molecule has 2 aromatic heterocycles. The maximum absolute atomic E-state index is 9.29. The molecule has 0 aliphatic heterocycles. The average molecular weight is 349 g/mol. The van der Waals surface area contributed by atoms with Crippen LogP contribution in [-0.4, -0.2) is 32.7 Å². The highest BCUT2D eigenvalue weighted by Crippen LogP contribution is 2.21. The topological polar surface area (TPSA) is 83.0 Å². The molecule has 0 saturated carbocycles. The third kappa shape index (κ3) is 4.77. The van der Waals surface area contributed by atoms with E-state index in [1.165, 1.54) is 11.1 Å². The Kier molecular flexibility index (Phi) is 5.76. The van der Waals surface area contributed by atoms with Crippen molar-refractivity contribution < 1.29 is 5.11 Å². The quantitative estimate of drug-likeness (QED) is 0.607. The van der Waals surface area contributed by atoms with Gasteiger partial charge in [0.25, 0.3) is 0 Å². The summed E-state index contributed by atoms with van der Waals surface area (Å²) in [6.45, 7) is 4.63. The van der Waals surface area contributed by atoms with Crippen LogP contribution in [0.15, 0.2) is 54.9 Å². The Morgan fingerprint density at radius 1 is 1.08 bits per heavy atom. The van der Waals surface area contributed by atoms with Crippen molar-refractivity contribution in [2.45, 2.75) is 26.4 Å². The van der Waals surface area contributed by atoms with Gasteiger partial charge < -0.3 is 15.7 Å². The number of hydrogen-bond donors (Lipinski definition) is 3. The van der Waals surface area contributed by atoms with Crippen LogP contribution in [0, 0.1) is 6.92 Å². The summed E-state index contributed by atoms with van der Waals surface area (Å²) in [6, 6.07) is 14.0. The second kappa shape index (κ2) is 8.40. The van der Waals surface area contributed by atoms with Crippen molar-refractivity contribution in [1.29, 1.82) is 0 Å². The van der Waals surface area contributed by atoms with Crippen LogP contribution in [0.5, 0.6) is 0 Å². The smallest absolute Gasteiger partial charge is 0.225 e. The van der Waals surface area contributed by atoms with Gasteiger partial charge in [0.2, 0.25) is 5.95 Å². The van der Waals surface area contributed by atoms with Crippen molar-refractivity contribution in [1.82, 2.24) is 15.0 Å². The largest absolute Gasteiger partial charge is 0.394 e. The summed E-state index contributed by atoms with van der Waals surface area (Å²) < 4.78 is 0. The lowest BCUT2D eigenvalue weighted by Gasteiger charge is -2.14. The van der Waals surface area contributed by atoms with E-state index in [1.54, 1.807) is 12.4 Å². The number of anilines is 2. The van der Waals surface area contributed by atoms with E-state index in [4.69, 9.17) is 0 Å². The molecule has 0 amide bonds. The number of aryl methyl sites for hydroxylation is 1. The Balaban J connectivity index is 1.86. The summed E-state index contributed by atoms with van der Waals surface area (Å²) in [5.74, 6) is 1.20. The summed E-state index contributed by atoms with van der Waals surface area (Å²) in [6.07, 6.45) is 3.47. The zero-order chi connectivity index (χ0) is 18.4. The minimum Gasteiger partial charge on any atom is -0.394 e. The third-order valence-corrected chi connectivity index (χ3v) is 3.91. The fourth-order valence-electron chi connectivity index (χ4n) is 2.55. The fourth-order valence-corrected chi connectivity index (χ4v) is 2.55. The predicted octanol–water partition coefficient (Wildman–Crippen LogP) is 3.25. The SMILES string of the molecule is Cc1cccc(CNc2cc(-c3ccncc3)nc(N[C@@H](C)CO)n2)c1. The third-order valence-electron chi connectivity index (χ3n) is 3.91. The highest BCUT2D eigenvalue weighted by Gasteiger charge is 2.09. The Labute approximate surface area is 153 Å². The Bertz CT molecular complexity index is 854. The van der Waals surface area contributed by atoms with E-state index in [0.29, 0.717) is 12.5 Å². The Hall–Kier alpha value is -2.99. The lowest BCUT2D eigenvalue weighted by atomic mass is 10.1. The van der Waals surface area contributed by atoms with Gasteiger partial charge in [-0.2, -0.15) is 4.98 Å². The second-order valence-corrected chi connectivity index (χ2v) is 6.27. The van der Waals surface area contributed by atoms with Gasteiger partial charge in [-0.1, -0.05) is 29.8 Å². The van der Waals surface area contributed by atoms with Crippen LogP contribution in [0.2, 0.25) is 0 Å². The van der Waals surface area contributed by atoms with Crippen LogP contribution in [-0.2, 0) is 6.54 Å². The van der Waals surface area contributed by atoms with E-state index in [1.807, 2.05) is 31.2 Å². The summed E-state index contributed by atoms with van der Waals surface area (Å²) in [5, 5.41) is 15.8. The molecule has 0 aliphatic carbocycles. The van der Waals surface area contributed by atoms with Gasteiger partial charge in [-0.15, -0.1) is 0 Å². The van der Waals surface area contributed by atoms with E-state index in [2.05, 4.69) is 50.7 Å². The van der Waals surface area contributed by atoms with Crippen LogP contribution in [0.3, 0.4) is 0 Å². The minimum absolute atomic E-state index is 0.00883. The monoisotopic (exact) mass is 349 g/mol. The summed E-state index contributed by atoms with van der Waals surface area (Å²) in [7, 11) is 0. The number of aromatic nitrogens is 3. The van der Waals surface area contributed by atoms with Gasteiger partial charge in [0.15, 0.2) is 0 Å². The molecule has 3 N–H and O–H groups in total. The predicted molar refractivity (Wildman–Crippen MR) is 104 cm³/mol. The first-order valence-corrected chi connectivity index (χ1v) is 8.60. The zero-order valence-corrected chi connectivity index (χ0v) is 15.0. The van der Waals surface area contributed by atoms with Crippen LogP contribution < -0.4 is 10.6 Å². The molecule has 134 valence electrons.